The summed E-state index contributed by atoms with van der Waals surface area (Å²) in [5.41, 5.74) is 0.531. The van der Waals surface area contributed by atoms with Crippen LogP contribution in [0.25, 0.3) is 10.9 Å². The molecule has 0 saturated heterocycles. The molecule has 19 heavy (non-hydrogen) atoms. The van der Waals surface area contributed by atoms with Gasteiger partial charge in [0.05, 0.1) is 11.1 Å². The summed E-state index contributed by atoms with van der Waals surface area (Å²) in [6.07, 6.45) is 5.30. The van der Waals surface area contributed by atoms with E-state index in [1.54, 1.807) is 6.20 Å². The molecule has 0 bridgehead atoms. The summed E-state index contributed by atoms with van der Waals surface area (Å²) in [6.45, 7) is 0. The van der Waals surface area contributed by atoms with Crippen molar-refractivity contribution in [2.45, 2.75) is 43.8 Å². The maximum absolute atomic E-state index is 10.7. The molecule has 1 aromatic heterocycles. The number of aliphatic hydroxyl groups is 2. The Labute approximate surface area is 112 Å². The van der Waals surface area contributed by atoms with E-state index in [2.05, 4.69) is 4.98 Å². The highest BCUT2D eigenvalue weighted by atomic mass is 16.3. The van der Waals surface area contributed by atoms with Gasteiger partial charge in [-0.15, -0.1) is 0 Å². The molecule has 2 N–H and O–H groups in total. The lowest BCUT2D eigenvalue weighted by Gasteiger charge is -2.36. The fourth-order valence-electron chi connectivity index (χ4n) is 3.08. The molecule has 2 aromatic rings. The van der Waals surface area contributed by atoms with E-state index in [9.17, 15) is 10.2 Å². The maximum Gasteiger partial charge on any atom is 0.110 e. The van der Waals surface area contributed by atoms with E-state index in [1.807, 2.05) is 30.3 Å². The first-order valence-corrected chi connectivity index (χ1v) is 6.95. The van der Waals surface area contributed by atoms with Gasteiger partial charge < -0.3 is 10.2 Å². The van der Waals surface area contributed by atoms with E-state index in [-0.39, 0.29) is 0 Å². The third-order valence-corrected chi connectivity index (χ3v) is 4.19. The number of hydrogen-bond acceptors (Lipinski definition) is 3. The summed E-state index contributed by atoms with van der Waals surface area (Å²) >= 11 is 0. The second-order valence-corrected chi connectivity index (χ2v) is 5.49. The molecule has 1 fully saturated rings. The van der Waals surface area contributed by atoms with E-state index < -0.39 is 11.7 Å². The second-order valence-electron chi connectivity index (χ2n) is 5.49. The Kier molecular flexibility index (Phi) is 3.25. The van der Waals surface area contributed by atoms with Crippen molar-refractivity contribution in [1.82, 2.24) is 4.98 Å². The molecular weight excluding hydrogens is 238 g/mol. The molecule has 1 atom stereocenters. The lowest BCUT2D eigenvalue weighted by atomic mass is 9.78. The summed E-state index contributed by atoms with van der Waals surface area (Å²) in [5, 5.41) is 22.3. The second kappa shape index (κ2) is 4.91. The molecule has 0 aliphatic heterocycles. The molecule has 0 radical (unpaired) electrons. The highest BCUT2D eigenvalue weighted by Crippen LogP contribution is 2.39. The Morgan fingerprint density at radius 1 is 1.05 bits per heavy atom. The van der Waals surface area contributed by atoms with Gasteiger partial charge in [0.1, 0.15) is 6.10 Å². The molecule has 0 amide bonds. The molecule has 0 spiro atoms. The van der Waals surface area contributed by atoms with Crippen molar-refractivity contribution in [1.29, 1.82) is 0 Å². The van der Waals surface area contributed by atoms with Gasteiger partial charge in [0.2, 0.25) is 0 Å². The van der Waals surface area contributed by atoms with Gasteiger partial charge in [0.25, 0.3) is 0 Å². The zero-order valence-corrected chi connectivity index (χ0v) is 10.9. The summed E-state index contributed by atoms with van der Waals surface area (Å²) in [6, 6.07) is 9.61. The molecule has 1 aromatic carbocycles. The minimum absolute atomic E-state index is 0.664. The first-order valence-electron chi connectivity index (χ1n) is 6.95. The topological polar surface area (TPSA) is 53.4 Å². The Bertz CT molecular complexity index is 570. The monoisotopic (exact) mass is 257 g/mol. The normalized spacial score (nSPS) is 20.3. The third-order valence-electron chi connectivity index (χ3n) is 4.19. The van der Waals surface area contributed by atoms with Crippen molar-refractivity contribution < 1.29 is 10.2 Å². The number of hydrogen-bond donors (Lipinski definition) is 2. The Hall–Kier alpha value is -1.45. The quantitative estimate of drug-likeness (QED) is 0.869. The average Bonchev–Trinajstić information content (AvgIpc) is 2.47. The van der Waals surface area contributed by atoms with Crippen molar-refractivity contribution in [3.05, 3.63) is 42.1 Å². The van der Waals surface area contributed by atoms with Gasteiger partial charge in [-0.3, -0.25) is 4.98 Å². The number of para-hydroxylation sites is 1. The number of benzene rings is 1. The summed E-state index contributed by atoms with van der Waals surface area (Å²) in [5.74, 6) is 0. The van der Waals surface area contributed by atoms with Gasteiger partial charge in [-0.2, -0.15) is 0 Å². The highest BCUT2D eigenvalue weighted by Gasteiger charge is 2.38. The van der Waals surface area contributed by atoms with Crippen molar-refractivity contribution in [3.63, 3.8) is 0 Å². The van der Waals surface area contributed by atoms with Crippen LogP contribution in [0.4, 0.5) is 0 Å². The molecule has 3 heteroatoms. The van der Waals surface area contributed by atoms with Gasteiger partial charge in [-0.25, -0.2) is 0 Å². The third kappa shape index (κ3) is 2.24. The van der Waals surface area contributed by atoms with E-state index in [0.29, 0.717) is 12.8 Å². The van der Waals surface area contributed by atoms with E-state index in [0.717, 1.165) is 35.7 Å². The van der Waals surface area contributed by atoms with Crippen LogP contribution in [-0.2, 0) is 0 Å². The van der Waals surface area contributed by atoms with Crippen LogP contribution in [-0.4, -0.2) is 20.8 Å². The molecular formula is C16H19NO2. The van der Waals surface area contributed by atoms with Crippen molar-refractivity contribution in [2.75, 3.05) is 0 Å². The molecule has 1 aliphatic rings. The molecule has 100 valence electrons. The maximum atomic E-state index is 10.7. The SMILES string of the molecule is OC(c1cccc2cccnc12)C1(O)CCCCC1. The Morgan fingerprint density at radius 3 is 2.58 bits per heavy atom. The summed E-state index contributed by atoms with van der Waals surface area (Å²) in [7, 11) is 0. The first-order chi connectivity index (χ1) is 9.21. The van der Waals surface area contributed by atoms with Crippen molar-refractivity contribution in [3.8, 4) is 0 Å². The highest BCUT2D eigenvalue weighted by molar-refractivity contribution is 5.82. The smallest absolute Gasteiger partial charge is 0.110 e. The van der Waals surface area contributed by atoms with Gasteiger partial charge in [-0.05, 0) is 18.9 Å². The van der Waals surface area contributed by atoms with Crippen LogP contribution in [0.15, 0.2) is 36.5 Å². The molecule has 1 unspecified atom stereocenters. The lowest BCUT2D eigenvalue weighted by molar-refractivity contribution is -0.0986. The van der Waals surface area contributed by atoms with Gasteiger partial charge in [-0.1, -0.05) is 43.5 Å². The van der Waals surface area contributed by atoms with Crippen LogP contribution in [0.5, 0.6) is 0 Å². The molecule has 1 saturated carbocycles. The van der Waals surface area contributed by atoms with E-state index in [4.69, 9.17) is 0 Å². The minimum Gasteiger partial charge on any atom is -0.387 e. The number of rotatable bonds is 2. The van der Waals surface area contributed by atoms with Crippen LogP contribution < -0.4 is 0 Å². The van der Waals surface area contributed by atoms with Crippen molar-refractivity contribution >= 4 is 10.9 Å². The predicted octanol–water partition coefficient (Wildman–Crippen LogP) is 2.96. The largest absolute Gasteiger partial charge is 0.387 e. The van der Waals surface area contributed by atoms with Crippen LogP contribution >= 0.6 is 0 Å². The number of aromatic nitrogens is 1. The fourth-order valence-corrected chi connectivity index (χ4v) is 3.08. The van der Waals surface area contributed by atoms with Gasteiger partial charge in [0, 0.05) is 17.1 Å². The fraction of sp³-hybridized carbons (Fsp3) is 0.438. The number of aliphatic hydroxyl groups excluding tert-OH is 1. The predicted molar refractivity (Wildman–Crippen MR) is 74.7 cm³/mol. The van der Waals surface area contributed by atoms with E-state index in [1.165, 1.54) is 0 Å². The van der Waals surface area contributed by atoms with Crippen LogP contribution in [0.2, 0.25) is 0 Å². The Morgan fingerprint density at radius 2 is 1.79 bits per heavy atom. The standard InChI is InChI=1S/C16H19NO2/c18-15(16(19)9-2-1-3-10-16)13-8-4-6-12-7-5-11-17-14(12)13/h4-8,11,15,18-19H,1-3,9-10H2. The first kappa shape index (κ1) is 12.6. The molecule has 1 heterocycles. The van der Waals surface area contributed by atoms with Gasteiger partial charge >= 0.3 is 0 Å². The van der Waals surface area contributed by atoms with E-state index >= 15 is 0 Å². The Balaban J connectivity index is 2.03. The average molecular weight is 257 g/mol. The van der Waals surface area contributed by atoms with Crippen molar-refractivity contribution in [2.24, 2.45) is 0 Å². The summed E-state index contributed by atoms with van der Waals surface area (Å²) in [4.78, 5) is 4.36. The number of fused-ring (bicyclic) bond motifs is 1. The minimum atomic E-state index is -0.996. The van der Waals surface area contributed by atoms with Gasteiger partial charge in [0.15, 0.2) is 0 Å². The zero-order chi connectivity index (χ0) is 13.3. The molecule has 3 rings (SSSR count). The molecule has 1 aliphatic carbocycles. The van der Waals surface area contributed by atoms with Crippen LogP contribution in [0.1, 0.15) is 43.8 Å². The molecule has 3 nitrogen and oxygen atoms in total. The summed E-state index contributed by atoms with van der Waals surface area (Å²) < 4.78 is 0. The zero-order valence-electron chi connectivity index (χ0n) is 10.9. The lowest BCUT2D eigenvalue weighted by Crippen LogP contribution is -2.38. The van der Waals surface area contributed by atoms with Crippen LogP contribution in [0.3, 0.4) is 0 Å². The number of nitrogens with zero attached hydrogens (tertiary/aromatic N) is 1. The number of pyridine rings is 1. The van der Waals surface area contributed by atoms with Crippen LogP contribution in [0, 0.1) is 0 Å².